The zero-order chi connectivity index (χ0) is 18.0. The highest BCUT2D eigenvalue weighted by atomic mass is 16.5. The molecular formula is C20H27N3O2. The largest absolute Gasteiger partial charge is 0.361 e. The minimum absolute atomic E-state index is 0.0187. The second kappa shape index (κ2) is 7.40. The zero-order valence-electron chi connectivity index (χ0n) is 15.6. The first kappa shape index (κ1) is 17.7. The summed E-state index contributed by atoms with van der Waals surface area (Å²) in [6.07, 6.45) is 2.41. The average Bonchev–Trinajstić information content (AvgIpc) is 3.16. The molecule has 3 rings (SSSR count). The van der Waals surface area contributed by atoms with Crippen molar-refractivity contribution in [2.45, 2.75) is 59.5 Å². The molecule has 0 fully saturated rings. The van der Waals surface area contributed by atoms with Crippen LogP contribution >= 0.6 is 0 Å². The lowest BCUT2D eigenvalue weighted by Crippen LogP contribution is -2.21. The van der Waals surface area contributed by atoms with Gasteiger partial charge in [-0.25, -0.2) is 0 Å². The Hall–Kier alpha value is -2.14. The Bertz CT molecular complexity index is 747. The van der Waals surface area contributed by atoms with E-state index in [0.717, 1.165) is 36.6 Å². The Labute approximate surface area is 149 Å². The topological polar surface area (TPSA) is 58.4 Å². The molecule has 0 bridgehead atoms. The average molecular weight is 341 g/mol. The summed E-state index contributed by atoms with van der Waals surface area (Å²) in [6, 6.07) is 6.19. The minimum Gasteiger partial charge on any atom is -0.361 e. The summed E-state index contributed by atoms with van der Waals surface area (Å²) in [4.78, 5) is 15.2. The Balaban J connectivity index is 1.74. The van der Waals surface area contributed by atoms with Gasteiger partial charge in [0.2, 0.25) is 5.91 Å². The van der Waals surface area contributed by atoms with Crippen molar-refractivity contribution in [2.75, 3.05) is 11.9 Å². The molecule has 5 nitrogen and oxygen atoms in total. The number of amides is 1. The van der Waals surface area contributed by atoms with Crippen LogP contribution in [-0.2, 0) is 17.9 Å². The summed E-state index contributed by atoms with van der Waals surface area (Å²) in [6.45, 7) is 10.8. The quantitative estimate of drug-likeness (QED) is 0.857. The molecule has 1 atom stereocenters. The van der Waals surface area contributed by atoms with E-state index >= 15 is 0 Å². The SMILES string of the molecule is CCCCN1Cc2cccc(NC(=O)[C@@H](C)c3c(C)noc3C)c2C1. The minimum atomic E-state index is -0.292. The van der Waals surface area contributed by atoms with Gasteiger partial charge in [-0.1, -0.05) is 30.6 Å². The summed E-state index contributed by atoms with van der Waals surface area (Å²) in [5, 5.41) is 7.09. The van der Waals surface area contributed by atoms with Gasteiger partial charge >= 0.3 is 0 Å². The van der Waals surface area contributed by atoms with Gasteiger partial charge in [0.25, 0.3) is 0 Å². The maximum atomic E-state index is 12.8. The highest BCUT2D eigenvalue weighted by molar-refractivity contribution is 5.96. The number of nitrogens with zero attached hydrogens (tertiary/aromatic N) is 2. The highest BCUT2D eigenvalue weighted by Crippen LogP contribution is 2.31. The smallest absolute Gasteiger partial charge is 0.231 e. The summed E-state index contributed by atoms with van der Waals surface area (Å²) in [5.41, 5.74) is 5.16. The molecule has 1 N–H and O–H groups in total. The second-order valence-electron chi connectivity index (χ2n) is 6.96. The van der Waals surface area contributed by atoms with E-state index in [1.807, 2.05) is 32.9 Å². The van der Waals surface area contributed by atoms with Crippen LogP contribution < -0.4 is 5.32 Å². The van der Waals surface area contributed by atoms with Crippen molar-refractivity contribution < 1.29 is 9.32 Å². The van der Waals surface area contributed by atoms with Crippen molar-refractivity contribution in [1.82, 2.24) is 10.1 Å². The number of carbonyl (C=O) groups excluding carboxylic acids is 1. The second-order valence-corrected chi connectivity index (χ2v) is 6.96. The molecule has 0 saturated heterocycles. The van der Waals surface area contributed by atoms with Crippen molar-refractivity contribution in [3.8, 4) is 0 Å². The molecule has 1 aliphatic heterocycles. The Morgan fingerprint density at radius 2 is 2.16 bits per heavy atom. The number of anilines is 1. The van der Waals surface area contributed by atoms with Crippen molar-refractivity contribution in [3.63, 3.8) is 0 Å². The van der Waals surface area contributed by atoms with Crippen LogP contribution in [0, 0.1) is 13.8 Å². The molecule has 1 aromatic carbocycles. The van der Waals surface area contributed by atoms with Gasteiger partial charge < -0.3 is 9.84 Å². The van der Waals surface area contributed by atoms with E-state index in [1.165, 1.54) is 24.0 Å². The lowest BCUT2D eigenvalue weighted by molar-refractivity contribution is -0.117. The van der Waals surface area contributed by atoms with Crippen LogP contribution in [0.5, 0.6) is 0 Å². The molecule has 1 amide bonds. The van der Waals surface area contributed by atoms with E-state index in [4.69, 9.17) is 4.52 Å². The van der Waals surface area contributed by atoms with E-state index in [2.05, 4.69) is 28.4 Å². The molecular weight excluding hydrogens is 314 g/mol. The maximum Gasteiger partial charge on any atom is 0.231 e. The number of fused-ring (bicyclic) bond motifs is 1. The van der Waals surface area contributed by atoms with Crippen LogP contribution in [0.4, 0.5) is 5.69 Å². The Morgan fingerprint density at radius 3 is 2.84 bits per heavy atom. The summed E-state index contributed by atoms with van der Waals surface area (Å²) in [5.74, 6) is 0.402. The number of rotatable bonds is 6. The van der Waals surface area contributed by atoms with Crippen LogP contribution in [-0.4, -0.2) is 22.5 Å². The number of hydrogen-bond donors (Lipinski definition) is 1. The summed E-state index contributed by atoms with van der Waals surface area (Å²) < 4.78 is 5.21. The molecule has 25 heavy (non-hydrogen) atoms. The van der Waals surface area contributed by atoms with E-state index in [9.17, 15) is 4.79 Å². The van der Waals surface area contributed by atoms with Crippen LogP contribution in [0.3, 0.4) is 0 Å². The fourth-order valence-corrected chi connectivity index (χ4v) is 3.63. The number of nitrogens with one attached hydrogen (secondary N) is 1. The van der Waals surface area contributed by atoms with Gasteiger partial charge in [-0.05, 0) is 50.9 Å². The highest BCUT2D eigenvalue weighted by Gasteiger charge is 2.26. The normalized spacial score (nSPS) is 15.2. The summed E-state index contributed by atoms with van der Waals surface area (Å²) >= 11 is 0. The molecule has 1 aliphatic rings. The molecule has 1 aromatic heterocycles. The Kier molecular flexibility index (Phi) is 5.23. The van der Waals surface area contributed by atoms with Gasteiger partial charge in [-0.15, -0.1) is 0 Å². The third kappa shape index (κ3) is 3.61. The maximum absolute atomic E-state index is 12.8. The van der Waals surface area contributed by atoms with E-state index in [1.54, 1.807) is 0 Å². The van der Waals surface area contributed by atoms with E-state index < -0.39 is 0 Å². The molecule has 0 radical (unpaired) electrons. The monoisotopic (exact) mass is 341 g/mol. The molecule has 0 unspecified atom stereocenters. The van der Waals surface area contributed by atoms with Crippen molar-refractivity contribution in [3.05, 3.63) is 46.3 Å². The van der Waals surface area contributed by atoms with Gasteiger partial charge in [0.15, 0.2) is 0 Å². The predicted octanol–water partition coefficient (Wildman–Crippen LogP) is 4.15. The van der Waals surface area contributed by atoms with Gasteiger partial charge in [0.1, 0.15) is 5.76 Å². The fourth-order valence-electron chi connectivity index (χ4n) is 3.63. The molecule has 134 valence electrons. The number of carbonyl (C=O) groups is 1. The number of aromatic nitrogens is 1. The Morgan fingerprint density at radius 1 is 1.36 bits per heavy atom. The first-order valence-electron chi connectivity index (χ1n) is 9.08. The fraction of sp³-hybridized carbons (Fsp3) is 0.500. The molecule has 2 aromatic rings. The van der Waals surface area contributed by atoms with Crippen LogP contribution in [0.2, 0.25) is 0 Å². The van der Waals surface area contributed by atoms with Crippen molar-refractivity contribution in [2.24, 2.45) is 0 Å². The van der Waals surface area contributed by atoms with Crippen molar-refractivity contribution in [1.29, 1.82) is 0 Å². The van der Waals surface area contributed by atoms with Gasteiger partial charge in [0.05, 0.1) is 11.6 Å². The van der Waals surface area contributed by atoms with Crippen molar-refractivity contribution >= 4 is 11.6 Å². The molecule has 2 heterocycles. The van der Waals surface area contributed by atoms with Gasteiger partial charge in [-0.3, -0.25) is 9.69 Å². The van der Waals surface area contributed by atoms with Crippen LogP contribution in [0.15, 0.2) is 22.7 Å². The predicted molar refractivity (Wildman–Crippen MR) is 98.5 cm³/mol. The van der Waals surface area contributed by atoms with Gasteiger partial charge in [0, 0.05) is 24.3 Å². The lowest BCUT2D eigenvalue weighted by Gasteiger charge is -2.15. The standard InChI is InChI=1S/C20H27N3O2/c1-5-6-10-23-11-16-8-7-9-18(17(16)12-23)21-20(24)13(2)19-14(3)22-25-15(19)4/h7-9,13H,5-6,10-12H2,1-4H3,(H,21,24)/t13-/m0/s1. The van der Waals surface area contributed by atoms with E-state index in [-0.39, 0.29) is 11.8 Å². The van der Waals surface area contributed by atoms with Gasteiger partial charge in [-0.2, -0.15) is 0 Å². The summed E-state index contributed by atoms with van der Waals surface area (Å²) in [7, 11) is 0. The molecule has 0 aliphatic carbocycles. The number of benzene rings is 1. The van der Waals surface area contributed by atoms with Crippen LogP contribution in [0.1, 0.15) is 60.8 Å². The number of aryl methyl sites for hydroxylation is 2. The molecule has 0 saturated carbocycles. The number of unbranched alkanes of at least 4 members (excludes halogenated alkanes) is 1. The first-order chi connectivity index (χ1) is 12.0. The zero-order valence-corrected chi connectivity index (χ0v) is 15.6. The third-order valence-corrected chi connectivity index (χ3v) is 5.05. The molecule has 0 spiro atoms. The number of hydrogen-bond acceptors (Lipinski definition) is 4. The molecule has 5 heteroatoms. The van der Waals surface area contributed by atoms with E-state index in [0.29, 0.717) is 5.76 Å². The van der Waals surface area contributed by atoms with Crippen LogP contribution in [0.25, 0.3) is 0 Å². The first-order valence-corrected chi connectivity index (χ1v) is 9.08. The lowest BCUT2D eigenvalue weighted by atomic mass is 9.98. The third-order valence-electron chi connectivity index (χ3n) is 5.05.